The molecule has 5 nitrogen and oxygen atoms in total. The number of fused-ring (bicyclic) bond motifs is 3. The van der Waals surface area contributed by atoms with E-state index in [4.69, 9.17) is 0 Å². The fraction of sp³-hybridized carbons (Fsp3) is 0.267. The number of nitrogens with zero attached hydrogens (tertiary/aromatic N) is 3. The average molecular weight is 297 g/mol. The van der Waals surface area contributed by atoms with Crippen LogP contribution < -0.4 is 5.43 Å². The molecule has 0 fully saturated rings. The number of hydrogen-bond acceptors (Lipinski definition) is 5. The monoisotopic (exact) mass is 297 g/mol. The molecule has 0 amide bonds. The molecule has 106 valence electrons. The Morgan fingerprint density at radius 1 is 1.29 bits per heavy atom. The molecular weight excluding hydrogens is 282 g/mol. The third kappa shape index (κ3) is 2.31. The summed E-state index contributed by atoms with van der Waals surface area (Å²) in [4.78, 5) is 14.4. The Hall–Kier alpha value is -2.21. The van der Waals surface area contributed by atoms with Crippen LogP contribution in [0, 0.1) is 0 Å². The number of rotatable bonds is 3. The maximum atomic E-state index is 4.41. The van der Waals surface area contributed by atoms with Crippen molar-refractivity contribution >= 4 is 33.6 Å². The molecule has 0 bridgehead atoms. The van der Waals surface area contributed by atoms with Crippen molar-refractivity contribution in [3.8, 4) is 0 Å². The lowest BCUT2D eigenvalue weighted by atomic mass is 9.97. The number of H-pyrrole nitrogens is 1. The Balaban J connectivity index is 1.69. The summed E-state index contributed by atoms with van der Waals surface area (Å²) >= 11 is 1.80. The number of anilines is 1. The number of thiophene rings is 1. The third-order valence-electron chi connectivity index (χ3n) is 3.75. The Labute approximate surface area is 126 Å². The topological polar surface area (TPSA) is 66.0 Å². The molecule has 1 aliphatic carbocycles. The number of aryl methyl sites for hydroxylation is 2. The standard InChI is InChI=1S/C15H15N5S/c1-2-6-12-11(5-1)13-14(17-9-18-15(13)21-12)20-19-8-10-4-3-7-16-10/h3-4,7-9,16H,1-2,5-6H2,(H,17,18,20)/b19-8+. The number of aromatic nitrogens is 3. The first kappa shape index (κ1) is 12.5. The molecule has 6 heteroatoms. The summed E-state index contributed by atoms with van der Waals surface area (Å²) in [5.74, 6) is 0.808. The van der Waals surface area contributed by atoms with Gasteiger partial charge in [-0.25, -0.2) is 9.97 Å². The van der Waals surface area contributed by atoms with Gasteiger partial charge in [0.15, 0.2) is 5.82 Å². The van der Waals surface area contributed by atoms with E-state index >= 15 is 0 Å². The van der Waals surface area contributed by atoms with Crippen LogP contribution in [0.2, 0.25) is 0 Å². The van der Waals surface area contributed by atoms with E-state index in [-0.39, 0.29) is 0 Å². The normalized spacial score (nSPS) is 14.7. The van der Waals surface area contributed by atoms with Crippen LogP contribution in [0.5, 0.6) is 0 Å². The van der Waals surface area contributed by atoms with E-state index in [1.807, 2.05) is 18.3 Å². The van der Waals surface area contributed by atoms with Crippen molar-refractivity contribution in [3.05, 3.63) is 40.8 Å². The van der Waals surface area contributed by atoms with Crippen molar-refractivity contribution < 1.29 is 0 Å². The van der Waals surface area contributed by atoms with Crippen molar-refractivity contribution in [2.45, 2.75) is 25.7 Å². The van der Waals surface area contributed by atoms with Crippen LogP contribution in [0.4, 0.5) is 5.82 Å². The van der Waals surface area contributed by atoms with Gasteiger partial charge in [0, 0.05) is 11.1 Å². The quantitative estimate of drug-likeness (QED) is 0.575. The minimum absolute atomic E-state index is 0.808. The molecule has 0 unspecified atom stereocenters. The van der Waals surface area contributed by atoms with E-state index in [0.29, 0.717) is 0 Å². The molecule has 0 atom stereocenters. The van der Waals surface area contributed by atoms with Gasteiger partial charge in [-0.15, -0.1) is 11.3 Å². The van der Waals surface area contributed by atoms with Crippen LogP contribution in [-0.4, -0.2) is 21.2 Å². The lowest BCUT2D eigenvalue weighted by Crippen LogP contribution is -2.00. The van der Waals surface area contributed by atoms with Crippen molar-refractivity contribution in [1.29, 1.82) is 0 Å². The predicted octanol–water partition coefficient (Wildman–Crippen LogP) is 3.34. The zero-order chi connectivity index (χ0) is 14.1. The summed E-state index contributed by atoms with van der Waals surface area (Å²) in [6.45, 7) is 0. The molecule has 1 aliphatic rings. The number of aromatic amines is 1. The molecule has 4 rings (SSSR count). The Morgan fingerprint density at radius 3 is 3.14 bits per heavy atom. The van der Waals surface area contributed by atoms with Gasteiger partial charge >= 0.3 is 0 Å². The highest BCUT2D eigenvalue weighted by Gasteiger charge is 2.19. The van der Waals surface area contributed by atoms with E-state index in [1.165, 1.54) is 29.7 Å². The highest BCUT2D eigenvalue weighted by Crippen LogP contribution is 2.37. The van der Waals surface area contributed by atoms with Gasteiger partial charge in [0.1, 0.15) is 11.2 Å². The summed E-state index contributed by atoms with van der Waals surface area (Å²) in [5.41, 5.74) is 5.44. The Kier molecular flexibility index (Phi) is 3.16. The minimum atomic E-state index is 0.808. The van der Waals surface area contributed by atoms with Crippen molar-refractivity contribution in [3.63, 3.8) is 0 Å². The summed E-state index contributed by atoms with van der Waals surface area (Å²) < 4.78 is 0. The van der Waals surface area contributed by atoms with Crippen LogP contribution >= 0.6 is 11.3 Å². The predicted molar refractivity (Wildman–Crippen MR) is 86.1 cm³/mol. The van der Waals surface area contributed by atoms with E-state index in [2.05, 4.69) is 25.5 Å². The van der Waals surface area contributed by atoms with Crippen molar-refractivity contribution in [2.24, 2.45) is 5.10 Å². The van der Waals surface area contributed by atoms with Crippen molar-refractivity contribution in [2.75, 3.05) is 5.43 Å². The largest absolute Gasteiger partial charge is 0.360 e. The lowest BCUT2D eigenvalue weighted by molar-refractivity contribution is 0.700. The van der Waals surface area contributed by atoms with E-state index < -0.39 is 0 Å². The molecule has 0 saturated carbocycles. The van der Waals surface area contributed by atoms with E-state index in [0.717, 1.165) is 28.1 Å². The molecule has 0 aliphatic heterocycles. The van der Waals surface area contributed by atoms with Crippen LogP contribution in [-0.2, 0) is 12.8 Å². The molecule has 0 saturated heterocycles. The zero-order valence-corrected chi connectivity index (χ0v) is 12.3. The van der Waals surface area contributed by atoms with E-state index in [1.54, 1.807) is 23.9 Å². The Morgan fingerprint density at radius 2 is 2.24 bits per heavy atom. The SMILES string of the molecule is C(=N\Nc1ncnc2sc3c(c12)CCCC3)/c1ccc[nH]1. The first-order chi connectivity index (χ1) is 10.4. The smallest absolute Gasteiger partial charge is 0.158 e. The van der Waals surface area contributed by atoms with Gasteiger partial charge in [0.05, 0.1) is 17.3 Å². The molecule has 2 N–H and O–H groups in total. The molecular formula is C15H15N5S. The summed E-state index contributed by atoms with van der Waals surface area (Å²) in [5, 5.41) is 5.42. The van der Waals surface area contributed by atoms with Gasteiger partial charge in [0.25, 0.3) is 0 Å². The fourth-order valence-corrected chi connectivity index (χ4v) is 3.99. The summed E-state index contributed by atoms with van der Waals surface area (Å²) in [6, 6.07) is 3.91. The lowest BCUT2D eigenvalue weighted by Gasteiger charge is -2.11. The fourth-order valence-electron chi connectivity index (χ4n) is 2.76. The average Bonchev–Trinajstić information content (AvgIpc) is 3.14. The van der Waals surface area contributed by atoms with Crippen LogP contribution in [0.25, 0.3) is 10.2 Å². The second kappa shape index (κ2) is 5.29. The second-order valence-corrected chi connectivity index (χ2v) is 6.19. The van der Waals surface area contributed by atoms with Gasteiger partial charge in [-0.1, -0.05) is 0 Å². The Bertz CT molecular complexity index is 788. The van der Waals surface area contributed by atoms with Gasteiger partial charge in [-0.05, 0) is 43.4 Å². The van der Waals surface area contributed by atoms with Gasteiger partial charge < -0.3 is 4.98 Å². The molecule has 3 aromatic rings. The maximum absolute atomic E-state index is 4.41. The summed E-state index contributed by atoms with van der Waals surface area (Å²) in [6.07, 6.45) is 10.1. The van der Waals surface area contributed by atoms with Crippen LogP contribution in [0.3, 0.4) is 0 Å². The first-order valence-corrected chi connectivity index (χ1v) is 7.91. The maximum Gasteiger partial charge on any atom is 0.158 e. The second-order valence-electron chi connectivity index (χ2n) is 5.11. The van der Waals surface area contributed by atoms with Crippen LogP contribution in [0.1, 0.15) is 29.0 Å². The van der Waals surface area contributed by atoms with Gasteiger partial charge in [0.2, 0.25) is 0 Å². The van der Waals surface area contributed by atoms with Crippen LogP contribution in [0.15, 0.2) is 29.8 Å². The molecule has 21 heavy (non-hydrogen) atoms. The minimum Gasteiger partial charge on any atom is -0.360 e. The van der Waals surface area contributed by atoms with E-state index in [9.17, 15) is 0 Å². The number of hydrazone groups is 1. The molecule has 0 aromatic carbocycles. The first-order valence-electron chi connectivity index (χ1n) is 7.09. The van der Waals surface area contributed by atoms with Gasteiger partial charge in [-0.2, -0.15) is 5.10 Å². The third-order valence-corrected chi connectivity index (χ3v) is 4.95. The molecule has 0 spiro atoms. The number of nitrogens with one attached hydrogen (secondary N) is 2. The highest BCUT2D eigenvalue weighted by atomic mass is 32.1. The number of hydrogen-bond donors (Lipinski definition) is 2. The molecule has 3 heterocycles. The molecule has 3 aromatic heterocycles. The molecule has 0 radical (unpaired) electrons. The highest BCUT2D eigenvalue weighted by molar-refractivity contribution is 7.19. The summed E-state index contributed by atoms with van der Waals surface area (Å²) in [7, 11) is 0. The van der Waals surface area contributed by atoms with Gasteiger partial charge in [-0.3, -0.25) is 5.43 Å². The van der Waals surface area contributed by atoms with Crippen molar-refractivity contribution in [1.82, 2.24) is 15.0 Å². The zero-order valence-electron chi connectivity index (χ0n) is 11.5.